The molecule has 0 aromatic carbocycles. The molecule has 2 aliphatic rings. The Labute approximate surface area is 155 Å². The summed E-state index contributed by atoms with van der Waals surface area (Å²) >= 11 is 0. The average Bonchev–Trinajstić information content (AvgIpc) is 3.19. The number of aliphatic imine (C=N–C) groups is 1. The molecule has 1 fully saturated rings. The largest absolute Gasteiger partial charge is 0.394 e. The fraction of sp³-hybridized carbons (Fsp3) is 0.588. The number of H-pyrrole nitrogens is 1. The number of anilines is 1. The molecule has 3 rings (SSSR count). The lowest BCUT2D eigenvalue weighted by atomic mass is 10.1. The molecule has 0 amide bonds. The minimum atomic E-state index is -1.06. The summed E-state index contributed by atoms with van der Waals surface area (Å²) in [5.41, 5.74) is 5.15. The molecule has 0 radical (unpaired) electrons. The third-order valence-electron chi connectivity index (χ3n) is 4.42. The van der Waals surface area contributed by atoms with Crippen molar-refractivity contribution in [2.45, 2.75) is 50.2 Å². The molecular weight excluding hydrogens is 354 g/mol. The Morgan fingerprint density at radius 3 is 3.00 bits per heavy atom. The number of hydrogen-bond donors (Lipinski definition) is 4. The van der Waals surface area contributed by atoms with Crippen molar-refractivity contribution in [2.24, 2.45) is 4.99 Å². The van der Waals surface area contributed by atoms with E-state index in [1.165, 1.54) is 4.58 Å². The second-order valence-corrected chi connectivity index (χ2v) is 6.29. The first-order chi connectivity index (χ1) is 13.1. The summed E-state index contributed by atoms with van der Waals surface area (Å²) in [6, 6.07) is 2.65. The van der Waals surface area contributed by atoms with E-state index in [4.69, 9.17) is 21.6 Å². The number of ether oxygens (including phenoxy) is 2. The van der Waals surface area contributed by atoms with Crippen LogP contribution in [0.2, 0.25) is 0 Å². The van der Waals surface area contributed by atoms with Crippen LogP contribution in [-0.4, -0.2) is 68.5 Å². The summed E-state index contributed by atoms with van der Waals surface area (Å²) in [5.74, 6) is 2.67. The van der Waals surface area contributed by atoms with Gasteiger partial charge < -0.3 is 25.4 Å². The zero-order chi connectivity index (χ0) is 19.4. The van der Waals surface area contributed by atoms with E-state index in [0.717, 1.165) is 19.3 Å². The van der Waals surface area contributed by atoms with E-state index in [2.05, 4.69) is 26.9 Å². The number of hydrogen-bond acceptors (Lipinski definition) is 8. The van der Waals surface area contributed by atoms with Crippen LogP contribution in [0.15, 0.2) is 9.79 Å². The molecule has 2 aliphatic heterocycles. The molecule has 4 atom stereocenters. The van der Waals surface area contributed by atoms with Gasteiger partial charge in [-0.15, -0.1) is 12.3 Å². The van der Waals surface area contributed by atoms with E-state index in [-0.39, 0.29) is 24.1 Å². The van der Waals surface area contributed by atoms with E-state index in [9.17, 15) is 15.0 Å². The number of terminal acetylenes is 1. The number of aromatic nitrogens is 2. The van der Waals surface area contributed by atoms with Gasteiger partial charge in [0, 0.05) is 13.0 Å². The number of nitrogens with one attached hydrogen (secondary N) is 1. The number of nitrogen functional groups attached to an aromatic ring is 1. The zero-order valence-electron chi connectivity index (χ0n) is 14.7. The number of aromatic amines is 1. The standard InChI is InChI=1S/C17H21N5O5/c1-2-3-4-5-6-7-26-13-12(24)10(8-23)27-16(13)22-9-19-11-14(22)20-17(18)21-15(11)25/h1,10,12-13,16,23-24H,3-8H2,(H2-,18,20,21,25)/p+1/t10?,12?,13?,16-/m1/s1. The van der Waals surface area contributed by atoms with Crippen molar-refractivity contribution in [2.75, 3.05) is 18.9 Å². The fourth-order valence-electron chi connectivity index (χ4n) is 3.05. The summed E-state index contributed by atoms with van der Waals surface area (Å²) in [4.78, 5) is 22.3. The summed E-state index contributed by atoms with van der Waals surface area (Å²) < 4.78 is 12.9. The smallest absolute Gasteiger partial charge is 0.326 e. The van der Waals surface area contributed by atoms with Gasteiger partial charge in [-0.3, -0.25) is 9.78 Å². The van der Waals surface area contributed by atoms with Crippen molar-refractivity contribution in [1.29, 1.82) is 0 Å². The maximum atomic E-state index is 11.9. The Morgan fingerprint density at radius 1 is 1.44 bits per heavy atom. The summed E-state index contributed by atoms with van der Waals surface area (Å²) in [6.07, 6.45) is 4.95. The average molecular weight is 376 g/mol. The van der Waals surface area contributed by atoms with Crippen LogP contribution in [0.1, 0.15) is 25.7 Å². The number of nitrogens with zero attached hydrogens (tertiary/aromatic N) is 3. The van der Waals surface area contributed by atoms with Crippen LogP contribution < -0.4 is 11.3 Å². The summed E-state index contributed by atoms with van der Waals surface area (Å²) in [6.45, 7) is -0.00440. The quantitative estimate of drug-likeness (QED) is 0.271. The van der Waals surface area contributed by atoms with Crippen molar-refractivity contribution < 1.29 is 24.3 Å². The Balaban J connectivity index is 1.75. The maximum Gasteiger partial charge on any atom is 0.326 e. The molecule has 27 heavy (non-hydrogen) atoms. The van der Waals surface area contributed by atoms with Crippen molar-refractivity contribution in [3.05, 3.63) is 10.4 Å². The predicted octanol–water partition coefficient (Wildman–Crippen LogP) is -0.528. The van der Waals surface area contributed by atoms with Gasteiger partial charge in [0.25, 0.3) is 11.6 Å². The van der Waals surface area contributed by atoms with Crippen LogP contribution in [0, 0.1) is 12.3 Å². The third-order valence-corrected chi connectivity index (χ3v) is 4.42. The molecule has 5 N–H and O–H groups in total. The monoisotopic (exact) mass is 376 g/mol. The predicted molar refractivity (Wildman–Crippen MR) is 95.1 cm³/mol. The van der Waals surface area contributed by atoms with Gasteiger partial charge >= 0.3 is 11.4 Å². The lowest BCUT2D eigenvalue weighted by Gasteiger charge is -2.19. The molecule has 1 aromatic rings. The molecule has 3 heterocycles. The van der Waals surface area contributed by atoms with Crippen LogP contribution in [0.3, 0.4) is 0 Å². The highest BCUT2D eigenvalue weighted by Gasteiger charge is 2.50. The Morgan fingerprint density at radius 2 is 2.26 bits per heavy atom. The first kappa shape index (κ1) is 19.2. The van der Waals surface area contributed by atoms with Crippen molar-refractivity contribution in [3.8, 4) is 12.3 Å². The Kier molecular flexibility index (Phi) is 6.01. The highest BCUT2D eigenvalue weighted by Crippen LogP contribution is 2.32. The number of aliphatic hydroxyl groups excluding tert-OH is 2. The van der Waals surface area contributed by atoms with Crippen LogP contribution in [0.5, 0.6) is 0 Å². The number of aliphatic hydroxyl groups is 2. The lowest BCUT2D eigenvalue weighted by Crippen LogP contribution is -2.40. The first-order valence-corrected chi connectivity index (χ1v) is 8.71. The molecule has 10 nitrogen and oxygen atoms in total. The molecule has 1 aromatic heterocycles. The number of unbranched alkanes of at least 4 members (excludes halogenated alkanes) is 3. The zero-order valence-corrected chi connectivity index (χ0v) is 14.7. The Hall–Kier alpha value is -2.54. The van der Waals surface area contributed by atoms with Crippen LogP contribution >= 0.6 is 0 Å². The van der Waals surface area contributed by atoms with Crippen molar-refractivity contribution in [3.63, 3.8) is 0 Å². The minimum absolute atomic E-state index is 0.0442. The number of rotatable bonds is 8. The molecule has 0 aliphatic carbocycles. The van der Waals surface area contributed by atoms with E-state index < -0.39 is 30.1 Å². The maximum absolute atomic E-state index is 11.9. The third kappa shape index (κ3) is 3.93. The van der Waals surface area contributed by atoms with Crippen molar-refractivity contribution in [1.82, 2.24) is 9.97 Å². The number of nitrogens with two attached hydrogens (primary N) is 1. The van der Waals surface area contributed by atoms with Gasteiger partial charge in [-0.05, 0) is 17.8 Å². The van der Waals surface area contributed by atoms with E-state index >= 15 is 0 Å². The van der Waals surface area contributed by atoms with Gasteiger partial charge in [-0.25, -0.2) is 0 Å². The van der Waals surface area contributed by atoms with Crippen LogP contribution in [0.4, 0.5) is 17.5 Å². The normalized spacial score (nSPS) is 26.0. The van der Waals surface area contributed by atoms with Crippen LogP contribution in [-0.2, 0) is 9.47 Å². The van der Waals surface area contributed by atoms with Gasteiger partial charge in [0.2, 0.25) is 12.2 Å². The van der Waals surface area contributed by atoms with E-state index in [1.54, 1.807) is 0 Å². The second-order valence-electron chi connectivity index (χ2n) is 6.29. The van der Waals surface area contributed by atoms with Crippen molar-refractivity contribution >= 4 is 23.5 Å². The van der Waals surface area contributed by atoms with Gasteiger partial charge in [-0.1, -0.05) is 11.4 Å². The first-order valence-electron chi connectivity index (χ1n) is 8.71. The molecule has 0 saturated carbocycles. The summed E-state index contributed by atoms with van der Waals surface area (Å²) in [5, 5.41) is 19.9. The molecule has 0 spiro atoms. The molecule has 144 valence electrons. The van der Waals surface area contributed by atoms with E-state index in [1.807, 2.05) is 0 Å². The molecule has 10 heteroatoms. The van der Waals surface area contributed by atoms with E-state index in [0.29, 0.717) is 13.0 Å². The molecule has 3 unspecified atom stereocenters. The SMILES string of the molecule is C#CCCCCCOC1C(O)C(CO)O[C@H]1[N+]1=C=Nc2c1nc(N)[nH]c2=O. The topological polar surface area (TPSA) is 146 Å². The molecule has 1 saturated heterocycles. The fourth-order valence-corrected chi connectivity index (χ4v) is 3.05. The Bertz CT molecular complexity index is 854. The van der Waals surface area contributed by atoms with Crippen LogP contribution in [0.25, 0.3) is 0 Å². The lowest BCUT2D eigenvalue weighted by molar-refractivity contribution is -0.546. The summed E-state index contributed by atoms with van der Waals surface area (Å²) in [7, 11) is 0. The highest BCUT2D eigenvalue weighted by molar-refractivity contribution is 5.64. The van der Waals surface area contributed by atoms with Gasteiger partial charge in [0.05, 0.1) is 6.61 Å². The molecular formula is C17H22N5O5+. The second kappa shape index (κ2) is 8.43. The molecule has 0 bridgehead atoms. The highest BCUT2D eigenvalue weighted by atomic mass is 16.6. The minimum Gasteiger partial charge on any atom is -0.394 e. The van der Waals surface area contributed by atoms with Gasteiger partial charge in [0.1, 0.15) is 18.3 Å². The number of fused-ring (bicyclic) bond motifs is 1. The van der Waals surface area contributed by atoms with Gasteiger partial charge in [0.15, 0.2) is 0 Å². The van der Waals surface area contributed by atoms with Gasteiger partial charge in [-0.2, -0.15) is 4.58 Å².